The molecule has 0 aliphatic rings. The SMILES string of the molecule is CCC(C)[Si](OC(=O)C(C)C[Si]OC(C)(C)C)(C(C)CC)C(C)CC. The summed E-state index contributed by atoms with van der Waals surface area (Å²) in [6.07, 6.45) is 3.24. The van der Waals surface area contributed by atoms with Gasteiger partial charge in [-0.15, -0.1) is 0 Å². The van der Waals surface area contributed by atoms with Crippen LogP contribution >= 0.6 is 0 Å². The predicted octanol–water partition coefficient (Wildman–Crippen LogP) is 6.36. The van der Waals surface area contributed by atoms with Crippen LogP contribution in [0.3, 0.4) is 0 Å². The molecule has 5 heteroatoms. The van der Waals surface area contributed by atoms with Crippen LogP contribution in [0.5, 0.6) is 0 Å². The van der Waals surface area contributed by atoms with Gasteiger partial charge in [-0.1, -0.05) is 67.7 Å². The third-order valence-electron chi connectivity index (χ3n) is 5.60. The van der Waals surface area contributed by atoms with Gasteiger partial charge in [0, 0.05) is 5.60 Å². The Morgan fingerprint density at radius 3 is 1.64 bits per heavy atom. The molecule has 0 aliphatic carbocycles. The van der Waals surface area contributed by atoms with Crippen molar-refractivity contribution in [2.45, 2.75) is 117 Å². The van der Waals surface area contributed by atoms with E-state index in [1.54, 1.807) is 0 Å². The van der Waals surface area contributed by atoms with E-state index in [-0.39, 0.29) is 17.5 Å². The number of hydrogen-bond acceptors (Lipinski definition) is 3. The first-order valence-electron chi connectivity index (χ1n) is 10.1. The Hall–Kier alpha value is -0.136. The van der Waals surface area contributed by atoms with Gasteiger partial charge in [-0.05, 0) is 43.4 Å². The van der Waals surface area contributed by atoms with Gasteiger partial charge in [0.15, 0.2) is 0 Å². The first-order chi connectivity index (χ1) is 11.5. The van der Waals surface area contributed by atoms with Gasteiger partial charge in [-0.3, -0.25) is 4.79 Å². The summed E-state index contributed by atoms with van der Waals surface area (Å²) in [4.78, 5) is 12.9. The molecule has 2 radical (unpaired) electrons. The maximum Gasteiger partial charge on any atom is 0.295 e. The second-order valence-electron chi connectivity index (χ2n) is 8.67. The van der Waals surface area contributed by atoms with E-state index in [2.05, 4.69) is 62.3 Å². The van der Waals surface area contributed by atoms with E-state index in [0.29, 0.717) is 26.4 Å². The highest BCUT2D eigenvalue weighted by molar-refractivity contribution is 6.79. The van der Waals surface area contributed by atoms with Gasteiger partial charge in [0.2, 0.25) is 9.76 Å². The van der Waals surface area contributed by atoms with Gasteiger partial charge in [-0.25, -0.2) is 0 Å². The van der Waals surface area contributed by atoms with E-state index in [1.807, 2.05) is 6.92 Å². The highest BCUT2D eigenvalue weighted by Crippen LogP contribution is 2.47. The van der Waals surface area contributed by atoms with Gasteiger partial charge in [0.05, 0.1) is 5.92 Å². The van der Waals surface area contributed by atoms with Crippen molar-refractivity contribution >= 4 is 24.0 Å². The summed E-state index contributed by atoms with van der Waals surface area (Å²) in [5.41, 5.74) is 1.32. The molecule has 0 aromatic rings. The summed E-state index contributed by atoms with van der Waals surface area (Å²) >= 11 is 0. The fraction of sp³-hybridized carbons (Fsp3) is 0.950. The zero-order chi connectivity index (χ0) is 19.8. The van der Waals surface area contributed by atoms with E-state index in [9.17, 15) is 4.79 Å². The van der Waals surface area contributed by atoms with Crippen molar-refractivity contribution in [2.24, 2.45) is 5.92 Å². The number of carbonyl (C=O) groups is 1. The molecule has 0 rings (SSSR count). The molecule has 4 unspecified atom stereocenters. The van der Waals surface area contributed by atoms with E-state index in [1.165, 1.54) is 0 Å². The first-order valence-corrected chi connectivity index (χ1v) is 13.3. The molecule has 0 bridgehead atoms. The largest absolute Gasteiger partial charge is 0.518 e. The molecule has 0 heterocycles. The Bertz CT molecular complexity index is 366. The summed E-state index contributed by atoms with van der Waals surface area (Å²) in [5, 5.41) is 0. The molecular formula is C20H42O3Si2. The topological polar surface area (TPSA) is 35.5 Å². The number of carbonyl (C=O) groups excluding carboxylic acids is 1. The lowest BCUT2D eigenvalue weighted by atomic mass is 10.2. The molecule has 0 N–H and O–H groups in total. The summed E-state index contributed by atoms with van der Waals surface area (Å²) in [6, 6.07) is 0.752. The second-order valence-corrected chi connectivity index (χ2v) is 14.4. The fourth-order valence-electron chi connectivity index (χ4n) is 3.46. The molecule has 0 spiro atoms. The molecule has 0 saturated heterocycles. The van der Waals surface area contributed by atoms with Crippen molar-refractivity contribution < 1.29 is 13.6 Å². The standard InChI is InChI=1S/C20H42O3Si2/c1-11-16(5)25(17(6)12-2,18(7)13-3)22-19(21)15(4)14-24-23-20(8,9)10/h15-18H,11-14H2,1-10H3. The molecule has 0 aromatic heterocycles. The maximum atomic E-state index is 12.9. The third-order valence-corrected chi connectivity index (χ3v) is 13.5. The molecule has 3 nitrogen and oxygen atoms in total. The average molecular weight is 387 g/mol. The van der Waals surface area contributed by atoms with Gasteiger partial charge in [0.1, 0.15) is 0 Å². The summed E-state index contributed by atoms with van der Waals surface area (Å²) in [7, 11) is -1.85. The monoisotopic (exact) mass is 386 g/mol. The van der Waals surface area contributed by atoms with Crippen LogP contribution in [-0.2, 0) is 13.6 Å². The van der Waals surface area contributed by atoms with Crippen LogP contribution in [0.2, 0.25) is 22.7 Å². The molecular weight excluding hydrogens is 344 g/mol. The molecule has 148 valence electrons. The molecule has 0 aromatic carbocycles. The smallest absolute Gasteiger partial charge is 0.295 e. The van der Waals surface area contributed by atoms with Crippen LogP contribution in [0, 0.1) is 5.92 Å². The van der Waals surface area contributed by atoms with Crippen LogP contribution in [0.1, 0.15) is 88.5 Å². The van der Waals surface area contributed by atoms with E-state index in [0.717, 1.165) is 25.3 Å². The van der Waals surface area contributed by atoms with E-state index < -0.39 is 8.32 Å². The van der Waals surface area contributed by atoms with Crippen molar-refractivity contribution in [3.8, 4) is 0 Å². The summed E-state index contributed by atoms with van der Waals surface area (Å²) < 4.78 is 12.3. The first kappa shape index (κ1) is 24.9. The lowest BCUT2D eigenvalue weighted by molar-refractivity contribution is -0.139. The quantitative estimate of drug-likeness (QED) is 0.387. The molecule has 0 fully saturated rings. The van der Waals surface area contributed by atoms with Crippen LogP contribution < -0.4 is 0 Å². The Kier molecular flexibility index (Phi) is 10.8. The van der Waals surface area contributed by atoms with Gasteiger partial charge >= 0.3 is 0 Å². The number of hydrogen-bond donors (Lipinski definition) is 0. The van der Waals surface area contributed by atoms with Crippen LogP contribution in [-0.4, -0.2) is 29.7 Å². The van der Waals surface area contributed by atoms with Crippen molar-refractivity contribution in [1.82, 2.24) is 0 Å². The highest BCUT2D eigenvalue weighted by atomic mass is 28.4. The van der Waals surface area contributed by atoms with Gasteiger partial charge in [-0.2, -0.15) is 0 Å². The lowest BCUT2D eigenvalue weighted by Crippen LogP contribution is -2.52. The van der Waals surface area contributed by atoms with Crippen molar-refractivity contribution in [3.63, 3.8) is 0 Å². The van der Waals surface area contributed by atoms with Gasteiger partial charge in [0.25, 0.3) is 14.3 Å². The third kappa shape index (κ3) is 7.18. The minimum Gasteiger partial charge on any atom is -0.518 e. The van der Waals surface area contributed by atoms with Crippen LogP contribution in [0.4, 0.5) is 0 Å². The second kappa shape index (κ2) is 10.9. The molecule has 25 heavy (non-hydrogen) atoms. The zero-order valence-corrected chi connectivity index (χ0v) is 20.4. The fourth-order valence-corrected chi connectivity index (χ4v) is 10.4. The Morgan fingerprint density at radius 2 is 1.32 bits per heavy atom. The highest BCUT2D eigenvalue weighted by Gasteiger charge is 2.51. The predicted molar refractivity (Wildman–Crippen MR) is 112 cm³/mol. The zero-order valence-electron chi connectivity index (χ0n) is 18.4. The summed E-state index contributed by atoms with van der Waals surface area (Å²) in [5.74, 6) is -0.0951. The van der Waals surface area contributed by atoms with Gasteiger partial charge < -0.3 is 8.85 Å². The van der Waals surface area contributed by atoms with Crippen LogP contribution in [0.25, 0.3) is 0 Å². The Labute approximate surface area is 160 Å². The minimum absolute atomic E-state index is 0.00224. The average Bonchev–Trinajstić information content (AvgIpc) is 2.55. The molecule has 0 saturated carbocycles. The van der Waals surface area contributed by atoms with E-state index in [4.69, 9.17) is 8.85 Å². The van der Waals surface area contributed by atoms with Crippen molar-refractivity contribution in [1.29, 1.82) is 0 Å². The number of rotatable bonds is 11. The lowest BCUT2D eigenvalue weighted by Gasteiger charge is -2.44. The van der Waals surface area contributed by atoms with Crippen molar-refractivity contribution in [3.05, 3.63) is 0 Å². The normalized spacial score (nSPS) is 19.6. The Balaban J connectivity index is 5.25. The molecule has 0 amide bonds. The maximum absolute atomic E-state index is 12.9. The molecule has 4 atom stereocenters. The minimum atomic E-state index is -2.19. The molecule has 0 aliphatic heterocycles. The Morgan fingerprint density at radius 1 is 0.920 bits per heavy atom. The summed E-state index contributed by atoms with van der Waals surface area (Å²) in [6.45, 7) is 21.7. The van der Waals surface area contributed by atoms with Crippen molar-refractivity contribution in [2.75, 3.05) is 0 Å². The van der Waals surface area contributed by atoms with Crippen LogP contribution in [0.15, 0.2) is 0 Å². The van der Waals surface area contributed by atoms with E-state index >= 15 is 0 Å².